The molecule has 0 heterocycles. The molecule has 0 amide bonds. The molecule has 1 rings (SSSR count). The molecule has 0 bridgehead atoms. The molecule has 0 saturated carbocycles. The van der Waals surface area contributed by atoms with Crippen LogP contribution in [0.15, 0.2) is 22.7 Å². The maximum atomic E-state index is 9.01. The van der Waals surface area contributed by atoms with Gasteiger partial charge in [-0.1, -0.05) is 36.7 Å². The Morgan fingerprint density at radius 1 is 1.38 bits per heavy atom. The van der Waals surface area contributed by atoms with Gasteiger partial charge in [-0.2, -0.15) is 5.26 Å². The largest absolute Gasteiger partial charge is 0.384 e. The predicted octanol–water partition coefficient (Wildman–Crippen LogP) is 4.02. The summed E-state index contributed by atoms with van der Waals surface area (Å²) in [5.74, 6) is 1.24. The fraction of sp³-hybridized carbons (Fsp3) is 0.462. The van der Waals surface area contributed by atoms with Crippen LogP contribution < -0.4 is 5.32 Å². The van der Waals surface area contributed by atoms with Crippen LogP contribution in [0.3, 0.4) is 0 Å². The molecule has 0 spiro atoms. The smallest absolute Gasteiger partial charge is 0.101 e. The van der Waals surface area contributed by atoms with Gasteiger partial charge in [0.15, 0.2) is 0 Å². The number of hydrogen-bond donors (Lipinski definition) is 1. The van der Waals surface area contributed by atoms with Crippen molar-refractivity contribution in [1.82, 2.24) is 0 Å². The lowest BCUT2D eigenvalue weighted by Gasteiger charge is -2.17. The van der Waals surface area contributed by atoms with Crippen molar-refractivity contribution in [3.8, 4) is 6.07 Å². The lowest BCUT2D eigenvalue weighted by Crippen LogP contribution is -2.16. The maximum Gasteiger partial charge on any atom is 0.101 e. The molecular formula is C13H17BrN2. The maximum absolute atomic E-state index is 9.01. The molecule has 1 N–H and O–H groups in total. The van der Waals surface area contributed by atoms with Gasteiger partial charge in [0.25, 0.3) is 0 Å². The molecule has 0 aliphatic rings. The minimum absolute atomic E-state index is 0.593. The van der Waals surface area contributed by atoms with Crippen LogP contribution in [0.25, 0.3) is 0 Å². The Morgan fingerprint density at radius 3 is 2.62 bits per heavy atom. The molecule has 0 aromatic heterocycles. The summed E-state index contributed by atoms with van der Waals surface area (Å²) < 4.78 is 0.937. The Labute approximate surface area is 106 Å². The van der Waals surface area contributed by atoms with Gasteiger partial charge in [0.2, 0.25) is 0 Å². The molecule has 2 nitrogen and oxygen atoms in total. The van der Waals surface area contributed by atoms with E-state index in [1.165, 1.54) is 0 Å². The monoisotopic (exact) mass is 280 g/mol. The van der Waals surface area contributed by atoms with Crippen molar-refractivity contribution >= 4 is 21.6 Å². The Balaban J connectivity index is 2.71. The molecule has 1 aromatic carbocycles. The lowest BCUT2D eigenvalue weighted by atomic mass is 9.98. The molecule has 0 saturated heterocycles. The number of nitrogens with one attached hydrogen (secondary N) is 1. The second-order valence-electron chi connectivity index (χ2n) is 4.40. The van der Waals surface area contributed by atoms with E-state index < -0.39 is 0 Å². The van der Waals surface area contributed by atoms with Crippen LogP contribution in [-0.2, 0) is 0 Å². The number of benzene rings is 1. The van der Waals surface area contributed by atoms with E-state index in [0.717, 1.165) is 16.7 Å². The molecule has 1 aromatic rings. The summed E-state index contributed by atoms with van der Waals surface area (Å²) in [4.78, 5) is 0. The van der Waals surface area contributed by atoms with E-state index >= 15 is 0 Å². The second-order valence-corrected chi connectivity index (χ2v) is 5.32. The highest BCUT2D eigenvalue weighted by molar-refractivity contribution is 9.10. The van der Waals surface area contributed by atoms with E-state index in [0.29, 0.717) is 17.4 Å². The molecule has 86 valence electrons. The van der Waals surface area contributed by atoms with Gasteiger partial charge in [0.1, 0.15) is 6.07 Å². The molecule has 0 radical (unpaired) electrons. The van der Waals surface area contributed by atoms with Crippen LogP contribution in [0.1, 0.15) is 26.3 Å². The van der Waals surface area contributed by atoms with Crippen LogP contribution in [0.5, 0.6) is 0 Å². The first kappa shape index (κ1) is 13.1. The Kier molecular flexibility index (Phi) is 4.82. The fourth-order valence-electron chi connectivity index (χ4n) is 1.27. The topological polar surface area (TPSA) is 35.8 Å². The Bertz CT molecular complexity index is 393. The summed E-state index contributed by atoms with van der Waals surface area (Å²) in [5.41, 5.74) is 1.60. The number of rotatable bonds is 4. The highest BCUT2D eigenvalue weighted by Crippen LogP contribution is 2.21. The van der Waals surface area contributed by atoms with Crippen LogP contribution in [0.2, 0.25) is 0 Å². The quantitative estimate of drug-likeness (QED) is 0.904. The van der Waals surface area contributed by atoms with Gasteiger partial charge in [0, 0.05) is 11.0 Å². The van der Waals surface area contributed by atoms with E-state index in [1.807, 2.05) is 18.2 Å². The first-order chi connectivity index (χ1) is 7.54. The first-order valence-corrected chi connectivity index (χ1v) is 6.27. The SMILES string of the molecule is CC(C)C(C)CNc1ccc(Br)cc1C#N. The normalized spacial score (nSPS) is 12.2. The van der Waals surface area contributed by atoms with Crippen LogP contribution in [0.4, 0.5) is 5.69 Å². The standard InChI is InChI=1S/C13H17BrN2/c1-9(2)10(3)8-16-13-5-4-12(14)6-11(13)7-15/h4-6,9-10,16H,8H2,1-3H3. The highest BCUT2D eigenvalue weighted by Gasteiger charge is 2.08. The summed E-state index contributed by atoms with van der Waals surface area (Å²) in [6.45, 7) is 7.52. The molecular weight excluding hydrogens is 264 g/mol. The Hall–Kier alpha value is -1.01. The van der Waals surface area contributed by atoms with E-state index in [4.69, 9.17) is 5.26 Å². The average molecular weight is 281 g/mol. The van der Waals surface area contributed by atoms with E-state index in [-0.39, 0.29) is 0 Å². The van der Waals surface area contributed by atoms with Gasteiger partial charge in [0.05, 0.1) is 11.3 Å². The minimum atomic E-state index is 0.593. The number of halogens is 1. The van der Waals surface area contributed by atoms with Crippen molar-refractivity contribution in [2.75, 3.05) is 11.9 Å². The zero-order valence-corrected chi connectivity index (χ0v) is 11.5. The van der Waals surface area contributed by atoms with Crippen molar-refractivity contribution in [3.05, 3.63) is 28.2 Å². The summed E-state index contributed by atoms with van der Waals surface area (Å²) in [5, 5.41) is 12.3. The molecule has 3 heteroatoms. The van der Waals surface area contributed by atoms with Gasteiger partial charge in [-0.05, 0) is 30.0 Å². The van der Waals surface area contributed by atoms with Gasteiger partial charge in [-0.3, -0.25) is 0 Å². The van der Waals surface area contributed by atoms with Gasteiger partial charge in [-0.15, -0.1) is 0 Å². The molecule has 1 unspecified atom stereocenters. The summed E-state index contributed by atoms with van der Waals surface area (Å²) in [6.07, 6.45) is 0. The molecule has 0 fully saturated rings. The number of nitrogens with zero attached hydrogens (tertiary/aromatic N) is 1. The van der Waals surface area contributed by atoms with Gasteiger partial charge < -0.3 is 5.32 Å². The van der Waals surface area contributed by atoms with Crippen molar-refractivity contribution in [3.63, 3.8) is 0 Å². The van der Waals surface area contributed by atoms with Crippen LogP contribution in [-0.4, -0.2) is 6.54 Å². The van der Waals surface area contributed by atoms with Crippen LogP contribution >= 0.6 is 15.9 Å². The number of nitriles is 1. The lowest BCUT2D eigenvalue weighted by molar-refractivity contribution is 0.440. The van der Waals surface area contributed by atoms with Crippen molar-refractivity contribution in [1.29, 1.82) is 5.26 Å². The van der Waals surface area contributed by atoms with Gasteiger partial charge in [-0.25, -0.2) is 0 Å². The molecule has 0 aliphatic heterocycles. The summed E-state index contributed by atoms with van der Waals surface area (Å²) in [7, 11) is 0. The number of anilines is 1. The van der Waals surface area contributed by atoms with Crippen molar-refractivity contribution in [2.45, 2.75) is 20.8 Å². The number of hydrogen-bond acceptors (Lipinski definition) is 2. The first-order valence-electron chi connectivity index (χ1n) is 5.48. The van der Waals surface area contributed by atoms with E-state index in [2.05, 4.69) is 48.1 Å². The third-order valence-electron chi connectivity index (χ3n) is 2.85. The third kappa shape index (κ3) is 3.53. The molecule has 16 heavy (non-hydrogen) atoms. The fourth-order valence-corrected chi connectivity index (χ4v) is 1.63. The summed E-state index contributed by atoms with van der Waals surface area (Å²) in [6, 6.07) is 7.92. The predicted molar refractivity (Wildman–Crippen MR) is 71.3 cm³/mol. The Morgan fingerprint density at radius 2 is 2.06 bits per heavy atom. The molecule has 0 aliphatic carbocycles. The van der Waals surface area contributed by atoms with Gasteiger partial charge >= 0.3 is 0 Å². The minimum Gasteiger partial charge on any atom is -0.384 e. The van der Waals surface area contributed by atoms with Crippen molar-refractivity contribution in [2.24, 2.45) is 11.8 Å². The van der Waals surface area contributed by atoms with Crippen molar-refractivity contribution < 1.29 is 0 Å². The zero-order chi connectivity index (χ0) is 12.1. The molecule has 1 atom stereocenters. The van der Waals surface area contributed by atoms with Crippen LogP contribution in [0, 0.1) is 23.2 Å². The second kappa shape index (κ2) is 5.91. The van der Waals surface area contributed by atoms with E-state index in [9.17, 15) is 0 Å². The van der Waals surface area contributed by atoms with E-state index in [1.54, 1.807) is 0 Å². The zero-order valence-electron chi connectivity index (χ0n) is 9.92. The highest BCUT2D eigenvalue weighted by atomic mass is 79.9. The average Bonchev–Trinajstić information content (AvgIpc) is 2.26. The third-order valence-corrected chi connectivity index (χ3v) is 3.35. The summed E-state index contributed by atoms with van der Waals surface area (Å²) >= 11 is 3.36.